The van der Waals surface area contributed by atoms with E-state index in [1.165, 1.54) is 38.5 Å². The van der Waals surface area contributed by atoms with Crippen molar-refractivity contribution < 1.29 is 13.9 Å². The van der Waals surface area contributed by atoms with Gasteiger partial charge in [-0.3, -0.25) is 9.78 Å². The minimum absolute atomic E-state index is 0.0297. The third-order valence-corrected chi connectivity index (χ3v) is 5.16. The zero-order valence-corrected chi connectivity index (χ0v) is 15.7. The van der Waals surface area contributed by atoms with Crippen LogP contribution in [0, 0.1) is 5.82 Å². The number of methoxy groups -OCH3 is 1. The number of ether oxygens (including phenoxy) is 1. The highest BCUT2D eigenvalue weighted by Crippen LogP contribution is 2.33. The van der Waals surface area contributed by atoms with Gasteiger partial charge in [-0.05, 0) is 49.6 Å². The van der Waals surface area contributed by atoms with Gasteiger partial charge in [-0.2, -0.15) is 0 Å². The zero-order chi connectivity index (χ0) is 19.5. The quantitative estimate of drug-likeness (QED) is 0.718. The van der Waals surface area contributed by atoms with Crippen molar-refractivity contribution in [3.8, 4) is 5.75 Å². The number of carbonyl (C=O) groups is 1. The third kappa shape index (κ3) is 3.50. The topological polar surface area (TPSA) is 54.5 Å². The molecule has 1 saturated heterocycles. The molecular weight excluding hydrogens is 357 g/mol. The minimum Gasteiger partial charge on any atom is -0.497 e. The van der Waals surface area contributed by atoms with E-state index in [9.17, 15) is 9.18 Å². The standard InChI is InChI=1S/C22H22FN3O2/c1-28-15-5-6-17(19(23)13-15)22(27)25-20-7-8-21(26-11-3-2-4-12-26)16-9-10-24-14-18(16)20/h5-10,13-14H,2-4,11-12H2,1H3,(H,25,27). The number of benzene rings is 2. The van der Waals surface area contributed by atoms with Crippen LogP contribution >= 0.6 is 0 Å². The van der Waals surface area contributed by atoms with Gasteiger partial charge in [0.05, 0.1) is 18.4 Å². The molecule has 1 fully saturated rings. The molecule has 2 aromatic carbocycles. The molecule has 1 aliphatic heterocycles. The first kappa shape index (κ1) is 18.2. The van der Waals surface area contributed by atoms with Crippen LogP contribution in [0.5, 0.6) is 5.75 Å². The Morgan fingerprint density at radius 3 is 2.68 bits per heavy atom. The Bertz CT molecular complexity index is 1020. The van der Waals surface area contributed by atoms with E-state index < -0.39 is 11.7 Å². The van der Waals surface area contributed by atoms with Gasteiger partial charge >= 0.3 is 0 Å². The molecule has 0 spiro atoms. The molecule has 28 heavy (non-hydrogen) atoms. The number of anilines is 2. The van der Waals surface area contributed by atoms with Gasteiger partial charge < -0.3 is 15.0 Å². The van der Waals surface area contributed by atoms with E-state index in [-0.39, 0.29) is 5.56 Å². The Balaban J connectivity index is 1.67. The number of hydrogen-bond acceptors (Lipinski definition) is 4. The van der Waals surface area contributed by atoms with Crippen molar-refractivity contribution in [1.82, 2.24) is 4.98 Å². The predicted molar refractivity (Wildman–Crippen MR) is 109 cm³/mol. The number of carbonyl (C=O) groups excluding carboxylic acids is 1. The maximum absolute atomic E-state index is 14.3. The summed E-state index contributed by atoms with van der Waals surface area (Å²) in [5.41, 5.74) is 1.73. The van der Waals surface area contributed by atoms with Crippen molar-refractivity contribution in [3.05, 3.63) is 60.2 Å². The predicted octanol–water partition coefficient (Wildman–Crippen LogP) is 4.63. The van der Waals surface area contributed by atoms with E-state index in [1.807, 2.05) is 18.2 Å². The Morgan fingerprint density at radius 2 is 1.93 bits per heavy atom. The van der Waals surface area contributed by atoms with Gasteiger partial charge in [0.2, 0.25) is 0 Å². The molecule has 0 radical (unpaired) electrons. The summed E-state index contributed by atoms with van der Waals surface area (Å²) in [5.74, 6) is -0.755. The van der Waals surface area contributed by atoms with Crippen molar-refractivity contribution in [2.75, 3.05) is 30.4 Å². The number of piperidine rings is 1. The lowest BCUT2D eigenvalue weighted by Gasteiger charge is -2.30. The second kappa shape index (κ2) is 7.84. The van der Waals surface area contributed by atoms with Crippen molar-refractivity contribution >= 4 is 28.1 Å². The van der Waals surface area contributed by atoms with Crippen LogP contribution in [0.4, 0.5) is 15.8 Å². The summed E-state index contributed by atoms with van der Waals surface area (Å²) in [4.78, 5) is 19.2. The van der Waals surface area contributed by atoms with Crippen LogP contribution in [0.2, 0.25) is 0 Å². The molecule has 4 rings (SSSR count). The van der Waals surface area contributed by atoms with E-state index >= 15 is 0 Å². The summed E-state index contributed by atoms with van der Waals surface area (Å²) < 4.78 is 19.2. The highest BCUT2D eigenvalue weighted by atomic mass is 19.1. The number of fused-ring (bicyclic) bond motifs is 1. The molecule has 2 heterocycles. The Hall–Kier alpha value is -3.15. The summed E-state index contributed by atoms with van der Waals surface area (Å²) >= 11 is 0. The Labute approximate surface area is 163 Å². The van der Waals surface area contributed by atoms with E-state index in [0.717, 1.165) is 29.5 Å². The number of aromatic nitrogens is 1. The fourth-order valence-corrected chi connectivity index (χ4v) is 3.69. The van der Waals surface area contributed by atoms with Crippen molar-refractivity contribution in [2.24, 2.45) is 0 Å². The smallest absolute Gasteiger partial charge is 0.258 e. The summed E-state index contributed by atoms with van der Waals surface area (Å²) in [7, 11) is 1.46. The number of pyridine rings is 1. The lowest BCUT2D eigenvalue weighted by atomic mass is 10.0. The van der Waals surface area contributed by atoms with E-state index in [2.05, 4.69) is 15.2 Å². The van der Waals surface area contributed by atoms with Crippen molar-refractivity contribution in [3.63, 3.8) is 0 Å². The Morgan fingerprint density at radius 1 is 1.11 bits per heavy atom. The lowest BCUT2D eigenvalue weighted by molar-refractivity contribution is 0.102. The first-order valence-electron chi connectivity index (χ1n) is 9.44. The molecular formula is C22H22FN3O2. The van der Waals surface area contributed by atoms with Crippen LogP contribution in [0.15, 0.2) is 48.8 Å². The molecule has 0 saturated carbocycles. The first-order chi connectivity index (χ1) is 13.7. The third-order valence-electron chi connectivity index (χ3n) is 5.16. The molecule has 144 valence electrons. The molecule has 0 atom stereocenters. The SMILES string of the molecule is COc1ccc(C(=O)Nc2ccc(N3CCCCC3)c3ccncc23)c(F)c1. The number of rotatable bonds is 4. The van der Waals surface area contributed by atoms with E-state index in [4.69, 9.17) is 4.74 Å². The van der Waals surface area contributed by atoms with Crippen LogP contribution in [0.25, 0.3) is 10.8 Å². The largest absolute Gasteiger partial charge is 0.497 e. The van der Waals surface area contributed by atoms with Crippen molar-refractivity contribution in [2.45, 2.75) is 19.3 Å². The van der Waals surface area contributed by atoms with E-state index in [1.54, 1.807) is 18.5 Å². The second-order valence-electron chi connectivity index (χ2n) is 6.90. The number of halogens is 1. The first-order valence-corrected chi connectivity index (χ1v) is 9.44. The molecule has 1 N–H and O–H groups in total. The summed E-state index contributed by atoms with van der Waals surface area (Å²) in [6.45, 7) is 2.06. The normalized spacial score (nSPS) is 14.1. The summed E-state index contributed by atoms with van der Waals surface area (Å²) in [5, 5.41) is 4.70. The molecule has 1 amide bonds. The summed E-state index contributed by atoms with van der Waals surface area (Å²) in [6.07, 6.45) is 7.12. The van der Waals surface area contributed by atoms with Gasteiger partial charge in [0.1, 0.15) is 11.6 Å². The molecule has 0 aliphatic carbocycles. The fourth-order valence-electron chi connectivity index (χ4n) is 3.69. The van der Waals surface area contributed by atoms with Crippen LogP contribution < -0.4 is 15.0 Å². The van der Waals surface area contributed by atoms with Crippen LogP contribution in [0.3, 0.4) is 0 Å². The van der Waals surface area contributed by atoms with Gasteiger partial charge in [-0.25, -0.2) is 4.39 Å². The maximum Gasteiger partial charge on any atom is 0.258 e. The maximum atomic E-state index is 14.3. The van der Waals surface area contributed by atoms with Crippen LogP contribution in [0.1, 0.15) is 29.6 Å². The van der Waals surface area contributed by atoms with Gasteiger partial charge in [0.15, 0.2) is 0 Å². The number of hydrogen-bond donors (Lipinski definition) is 1. The molecule has 0 unspecified atom stereocenters. The molecule has 6 heteroatoms. The highest BCUT2D eigenvalue weighted by molar-refractivity contribution is 6.11. The number of amides is 1. The monoisotopic (exact) mass is 379 g/mol. The molecule has 5 nitrogen and oxygen atoms in total. The van der Waals surface area contributed by atoms with Gasteiger partial charge in [0, 0.05) is 48.0 Å². The van der Waals surface area contributed by atoms with Gasteiger partial charge in [-0.15, -0.1) is 0 Å². The molecule has 0 bridgehead atoms. The summed E-state index contributed by atoms with van der Waals surface area (Å²) in [6, 6.07) is 10.0. The van der Waals surface area contributed by atoms with Crippen LogP contribution in [-0.4, -0.2) is 31.1 Å². The number of nitrogens with one attached hydrogen (secondary N) is 1. The fraction of sp³-hybridized carbons (Fsp3) is 0.273. The lowest BCUT2D eigenvalue weighted by Crippen LogP contribution is -2.29. The van der Waals surface area contributed by atoms with Crippen molar-refractivity contribution in [1.29, 1.82) is 0 Å². The molecule has 1 aromatic heterocycles. The Kier molecular flexibility index (Phi) is 5.10. The number of nitrogens with zero attached hydrogens (tertiary/aromatic N) is 2. The van der Waals surface area contributed by atoms with Gasteiger partial charge in [-0.1, -0.05) is 0 Å². The average molecular weight is 379 g/mol. The highest BCUT2D eigenvalue weighted by Gasteiger charge is 2.18. The average Bonchev–Trinajstić information content (AvgIpc) is 2.74. The van der Waals surface area contributed by atoms with Crippen LogP contribution in [-0.2, 0) is 0 Å². The molecule has 3 aromatic rings. The second-order valence-corrected chi connectivity index (χ2v) is 6.90. The minimum atomic E-state index is -0.621. The van der Waals surface area contributed by atoms with E-state index in [0.29, 0.717) is 11.4 Å². The molecule has 1 aliphatic rings. The zero-order valence-electron chi connectivity index (χ0n) is 15.7. The van der Waals surface area contributed by atoms with Gasteiger partial charge in [0.25, 0.3) is 5.91 Å².